The molecule has 0 bridgehead atoms. The van der Waals surface area contributed by atoms with Gasteiger partial charge in [0.25, 0.3) is 0 Å². The lowest BCUT2D eigenvalue weighted by Gasteiger charge is -2.21. The van der Waals surface area contributed by atoms with Gasteiger partial charge < -0.3 is 19.7 Å². The molecule has 5 heteroatoms. The summed E-state index contributed by atoms with van der Waals surface area (Å²) in [7, 11) is 5.06. The van der Waals surface area contributed by atoms with Crippen LogP contribution in [0, 0.1) is 13.8 Å². The molecule has 1 N–H and O–H groups in total. The summed E-state index contributed by atoms with van der Waals surface area (Å²) in [4.78, 5) is 14.3. The molecule has 2 aromatic rings. The third kappa shape index (κ3) is 4.41. The Morgan fingerprint density at radius 3 is 2.21 bits per heavy atom. The summed E-state index contributed by atoms with van der Waals surface area (Å²) < 4.78 is 10.4. The van der Waals surface area contributed by atoms with Gasteiger partial charge in [0, 0.05) is 36.6 Å². The van der Waals surface area contributed by atoms with Gasteiger partial charge in [0.1, 0.15) is 11.5 Å². The minimum atomic E-state index is -0.104. The van der Waals surface area contributed by atoms with Gasteiger partial charge in [-0.2, -0.15) is 0 Å². The quantitative estimate of drug-likeness (QED) is 0.883. The summed E-state index contributed by atoms with van der Waals surface area (Å²) in [5.74, 6) is 1.16. The first-order chi connectivity index (χ1) is 11.4. The first-order valence-corrected chi connectivity index (χ1v) is 7.74. The third-order valence-electron chi connectivity index (χ3n) is 3.78. The first-order valence-electron chi connectivity index (χ1n) is 7.74. The van der Waals surface area contributed by atoms with Crippen LogP contribution in [0.4, 0.5) is 11.4 Å². The van der Waals surface area contributed by atoms with Crippen LogP contribution >= 0.6 is 0 Å². The molecule has 24 heavy (non-hydrogen) atoms. The molecule has 0 aliphatic carbocycles. The molecular weight excluding hydrogens is 304 g/mol. The maximum Gasteiger partial charge on any atom is 0.243 e. The molecule has 0 unspecified atom stereocenters. The average Bonchev–Trinajstić information content (AvgIpc) is 2.53. The number of amides is 1. The third-order valence-corrected chi connectivity index (χ3v) is 3.78. The van der Waals surface area contributed by atoms with Gasteiger partial charge >= 0.3 is 0 Å². The van der Waals surface area contributed by atoms with E-state index in [1.807, 2.05) is 31.0 Å². The molecule has 0 atom stereocenters. The zero-order chi connectivity index (χ0) is 17.7. The lowest BCUT2D eigenvalue weighted by molar-refractivity contribution is -0.114. The van der Waals surface area contributed by atoms with Gasteiger partial charge in [-0.05, 0) is 25.5 Å². The van der Waals surface area contributed by atoms with E-state index in [-0.39, 0.29) is 12.5 Å². The van der Waals surface area contributed by atoms with Crippen molar-refractivity contribution < 1.29 is 14.3 Å². The predicted octanol–water partition coefficient (Wildman–Crippen LogP) is 3.40. The lowest BCUT2D eigenvalue weighted by Crippen LogP contribution is -2.30. The van der Waals surface area contributed by atoms with Gasteiger partial charge in [-0.3, -0.25) is 4.79 Å². The van der Waals surface area contributed by atoms with E-state index < -0.39 is 0 Å². The van der Waals surface area contributed by atoms with Crippen molar-refractivity contribution in [1.82, 2.24) is 0 Å². The highest BCUT2D eigenvalue weighted by atomic mass is 16.5. The van der Waals surface area contributed by atoms with E-state index in [1.165, 1.54) is 5.56 Å². The minimum Gasteiger partial charge on any atom is -0.497 e. The molecule has 0 spiro atoms. The van der Waals surface area contributed by atoms with Gasteiger partial charge in [-0.1, -0.05) is 17.7 Å². The maximum absolute atomic E-state index is 12.3. The molecule has 0 fully saturated rings. The molecular formula is C19H24N2O3. The minimum absolute atomic E-state index is 0.104. The fourth-order valence-electron chi connectivity index (χ4n) is 2.61. The number of rotatable bonds is 6. The Kier molecular flexibility index (Phi) is 5.68. The second kappa shape index (κ2) is 7.73. The number of likely N-dealkylation sites (N-methyl/N-ethyl adjacent to an activating group) is 1. The van der Waals surface area contributed by atoms with E-state index in [0.717, 1.165) is 11.3 Å². The van der Waals surface area contributed by atoms with Crippen LogP contribution in [0.5, 0.6) is 11.5 Å². The van der Waals surface area contributed by atoms with Crippen molar-refractivity contribution in [3.05, 3.63) is 47.5 Å². The highest BCUT2D eigenvalue weighted by Gasteiger charge is 2.11. The molecule has 5 nitrogen and oxygen atoms in total. The van der Waals surface area contributed by atoms with Gasteiger partial charge in [-0.15, -0.1) is 0 Å². The van der Waals surface area contributed by atoms with Gasteiger partial charge in [0.2, 0.25) is 5.91 Å². The van der Waals surface area contributed by atoms with Crippen molar-refractivity contribution in [2.45, 2.75) is 13.8 Å². The summed E-state index contributed by atoms with van der Waals surface area (Å²) in [5, 5.41) is 2.88. The van der Waals surface area contributed by atoms with Crippen molar-refractivity contribution in [3.8, 4) is 11.5 Å². The Morgan fingerprint density at radius 2 is 1.67 bits per heavy atom. The van der Waals surface area contributed by atoms with Crippen LogP contribution in [0.1, 0.15) is 11.1 Å². The maximum atomic E-state index is 12.3. The smallest absolute Gasteiger partial charge is 0.243 e. The molecule has 2 rings (SSSR count). The van der Waals surface area contributed by atoms with Crippen LogP contribution in [0.2, 0.25) is 0 Å². The zero-order valence-electron chi connectivity index (χ0n) is 14.8. The highest BCUT2D eigenvalue weighted by Crippen LogP contribution is 2.26. The topological polar surface area (TPSA) is 50.8 Å². The molecule has 0 heterocycles. The number of hydrogen-bond acceptors (Lipinski definition) is 4. The second-order valence-corrected chi connectivity index (χ2v) is 5.80. The van der Waals surface area contributed by atoms with Crippen molar-refractivity contribution in [2.24, 2.45) is 0 Å². The SMILES string of the molecule is COc1cc(NC(=O)CN(C)c2ccc(C)cc2C)cc(OC)c1. The van der Waals surface area contributed by atoms with Crippen molar-refractivity contribution in [3.63, 3.8) is 0 Å². The van der Waals surface area contributed by atoms with Crippen LogP contribution in [0.3, 0.4) is 0 Å². The fourth-order valence-corrected chi connectivity index (χ4v) is 2.61. The number of carbonyl (C=O) groups is 1. The van der Waals surface area contributed by atoms with E-state index in [4.69, 9.17) is 9.47 Å². The van der Waals surface area contributed by atoms with E-state index in [2.05, 4.69) is 18.3 Å². The monoisotopic (exact) mass is 328 g/mol. The van der Waals surface area contributed by atoms with Crippen molar-refractivity contribution >= 4 is 17.3 Å². The molecule has 0 aliphatic rings. The van der Waals surface area contributed by atoms with Crippen molar-refractivity contribution in [1.29, 1.82) is 0 Å². The number of nitrogens with one attached hydrogen (secondary N) is 1. The molecule has 0 radical (unpaired) electrons. The average molecular weight is 328 g/mol. The van der Waals surface area contributed by atoms with Crippen LogP contribution in [0.15, 0.2) is 36.4 Å². The standard InChI is InChI=1S/C19H24N2O3/c1-13-6-7-18(14(2)8-13)21(3)12-19(22)20-15-9-16(23-4)11-17(10-15)24-5/h6-11H,12H2,1-5H3,(H,20,22). The normalized spacial score (nSPS) is 10.2. The van der Waals surface area contributed by atoms with E-state index in [9.17, 15) is 4.79 Å². The molecule has 0 saturated carbocycles. The summed E-state index contributed by atoms with van der Waals surface area (Å²) in [5.41, 5.74) is 4.04. The van der Waals surface area contributed by atoms with Gasteiger partial charge in [-0.25, -0.2) is 0 Å². The fraction of sp³-hybridized carbons (Fsp3) is 0.316. The Morgan fingerprint density at radius 1 is 1.04 bits per heavy atom. The van der Waals surface area contributed by atoms with E-state index >= 15 is 0 Å². The molecule has 128 valence electrons. The number of benzene rings is 2. The van der Waals surface area contributed by atoms with Gasteiger partial charge in [0.15, 0.2) is 0 Å². The van der Waals surface area contributed by atoms with E-state index in [0.29, 0.717) is 17.2 Å². The first kappa shape index (κ1) is 17.7. The Balaban J connectivity index is 2.07. The van der Waals surface area contributed by atoms with Crippen LogP contribution in [-0.2, 0) is 4.79 Å². The molecule has 0 aliphatic heterocycles. The summed E-state index contributed by atoms with van der Waals surface area (Å²) in [6.07, 6.45) is 0. The number of anilines is 2. The number of methoxy groups -OCH3 is 2. The number of ether oxygens (including phenoxy) is 2. The molecule has 2 aromatic carbocycles. The molecule has 0 aromatic heterocycles. The predicted molar refractivity (Wildman–Crippen MR) is 97.4 cm³/mol. The van der Waals surface area contributed by atoms with Crippen LogP contribution in [-0.4, -0.2) is 33.7 Å². The molecule has 0 saturated heterocycles. The number of nitrogens with zero attached hydrogens (tertiary/aromatic N) is 1. The van der Waals surface area contributed by atoms with Crippen molar-refractivity contribution in [2.75, 3.05) is 38.0 Å². The number of carbonyl (C=O) groups excluding carboxylic acids is 1. The lowest BCUT2D eigenvalue weighted by atomic mass is 10.1. The Labute approximate surface area is 143 Å². The van der Waals surface area contributed by atoms with E-state index in [1.54, 1.807) is 32.4 Å². The van der Waals surface area contributed by atoms with Gasteiger partial charge in [0.05, 0.1) is 20.8 Å². The second-order valence-electron chi connectivity index (χ2n) is 5.80. The number of aryl methyl sites for hydroxylation is 2. The molecule has 1 amide bonds. The largest absolute Gasteiger partial charge is 0.497 e. The summed E-state index contributed by atoms with van der Waals surface area (Å²) in [6.45, 7) is 4.35. The zero-order valence-corrected chi connectivity index (χ0v) is 14.8. The van der Waals surface area contributed by atoms with Crippen LogP contribution < -0.4 is 19.7 Å². The highest BCUT2D eigenvalue weighted by molar-refractivity contribution is 5.94. The summed E-state index contributed by atoms with van der Waals surface area (Å²) >= 11 is 0. The van der Waals surface area contributed by atoms with Crippen LogP contribution in [0.25, 0.3) is 0 Å². The Bertz CT molecular complexity index is 706. The summed E-state index contributed by atoms with van der Waals surface area (Å²) in [6, 6.07) is 11.5. The Hall–Kier alpha value is -2.69. The number of hydrogen-bond donors (Lipinski definition) is 1.